The van der Waals surface area contributed by atoms with Crippen molar-refractivity contribution in [3.63, 3.8) is 0 Å². The fraction of sp³-hybridized carbons (Fsp3) is 0.316. The summed E-state index contributed by atoms with van der Waals surface area (Å²) < 4.78 is 5.62. The first-order valence-electron chi connectivity index (χ1n) is 7.99. The van der Waals surface area contributed by atoms with E-state index in [0.717, 1.165) is 31.1 Å². The quantitative estimate of drug-likeness (QED) is 0.854. The number of ether oxygens (including phenoxy) is 1. The third-order valence-corrected chi connectivity index (χ3v) is 3.85. The smallest absolute Gasteiger partial charge is 0.119 e. The molecule has 1 aliphatic heterocycles. The second-order valence-electron chi connectivity index (χ2n) is 5.68. The Morgan fingerprint density at radius 3 is 2.48 bits per heavy atom. The maximum absolute atomic E-state index is 10.2. The Morgan fingerprint density at radius 1 is 1.04 bits per heavy atom. The molecule has 1 heterocycles. The van der Waals surface area contributed by atoms with Crippen LogP contribution in [0.3, 0.4) is 0 Å². The zero-order valence-electron chi connectivity index (χ0n) is 13.1. The minimum absolute atomic E-state index is 0.291. The molecular weight excluding hydrogens is 288 g/mol. The molecule has 1 atom stereocenters. The highest BCUT2D eigenvalue weighted by Gasteiger charge is 2.20. The van der Waals surface area contributed by atoms with E-state index in [2.05, 4.69) is 22.0 Å². The van der Waals surface area contributed by atoms with Crippen LogP contribution in [0.25, 0.3) is 0 Å². The first-order chi connectivity index (χ1) is 11.3. The van der Waals surface area contributed by atoms with E-state index in [1.165, 1.54) is 5.56 Å². The van der Waals surface area contributed by atoms with Crippen LogP contribution in [0.2, 0.25) is 0 Å². The molecule has 2 aromatic carbocycles. The molecule has 0 spiro atoms. The lowest BCUT2D eigenvalue weighted by atomic mass is 10.1. The van der Waals surface area contributed by atoms with E-state index in [9.17, 15) is 5.11 Å². The average Bonchev–Trinajstić information content (AvgIpc) is 3.02. The Bertz CT molecular complexity index is 628. The topological polar surface area (TPSA) is 45.1 Å². The fourth-order valence-corrected chi connectivity index (χ4v) is 2.69. The summed E-state index contributed by atoms with van der Waals surface area (Å²) in [6, 6.07) is 19.9. The van der Waals surface area contributed by atoms with Crippen LogP contribution < -0.4 is 4.74 Å². The Hall–Kier alpha value is -2.33. The Morgan fingerprint density at radius 2 is 1.74 bits per heavy atom. The average molecular weight is 310 g/mol. The predicted molar refractivity (Wildman–Crippen MR) is 92.0 cm³/mol. The van der Waals surface area contributed by atoms with Crippen molar-refractivity contribution in [3.8, 4) is 5.75 Å². The van der Waals surface area contributed by atoms with Crippen LogP contribution in [-0.4, -0.2) is 48.2 Å². The van der Waals surface area contributed by atoms with Crippen LogP contribution >= 0.6 is 0 Å². The summed E-state index contributed by atoms with van der Waals surface area (Å²) in [7, 11) is 0. The maximum atomic E-state index is 10.2. The highest BCUT2D eigenvalue weighted by Crippen LogP contribution is 2.12. The lowest BCUT2D eigenvalue weighted by molar-refractivity contribution is 0.0886. The van der Waals surface area contributed by atoms with Gasteiger partial charge in [-0.05, 0) is 17.7 Å². The Balaban J connectivity index is 1.49. The SMILES string of the molecule is OC(COc1ccccc1)CN1CCN=C1Cc1ccccc1. The third kappa shape index (κ3) is 4.57. The number of nitrogens with zero attached hydrogens (tertiary/aromatic N) is 2. The van der Waals surface area contributed by atoms with Gasteiger partial charge in [-0.2, -0.15) is 0 Å². The molecule has 23 heavy (non-hydrogen) atoms. The number of rotatable bonds is 7. The second-order valence-corrected chi connectivity index (χ2v) is 5.68. The predicted octanol–water partition coefficient (Wildman–Crippen LogP) is 2.38. The molecule has 1 unspecified atom stereocenters. The fourth-order valence-electron chi connectivity index (χ4n) is 2.69. The highest BCUT2D eigenvalue weighted by atomic mass is 16.5. The monoisotopic (exact) mass is 310 g/mol. The van der Waals surface area contributed by atoms with Gasteiger partial charge in [0.2, 0.25) is 0 Å². The first kappa shape index (κ1) is 15.6. The molecule has 120 valence electrons. The van der Waals surface area contributed by atoms with Crippen molar-refractivity contribution in [2.75, 3.05) is 26.2 Å². The normalized spacial score (nSPS) is 15.3. The van der Waals surface area contributed by atoms with Gasteiger partial charge in [0.25, 0.3) is 0 Å². The van der Waals surface area contributed by atoms with Gasteiger partial charge in [-0.15, -0.1) is 0 Å². The highest BCUT2D eigenvalue weighted by molar-refractivity contribution is 5.85. The van der Waals surface area contributed by atoms with E-state index in [-0.39, 0.29) is 0 Å². The van der Waals surface area contributed by atoms with E-state index >= 15 is 0 Å². The van der Waals surface area contributed by atoms with E-state index in [1.807, 2.05) is 48.5 Å². The van der Waals surface area contributed by atoms with Gasteiger partial charge in [0.1, 0.15) is 24.3 Å². The number of para-hydroxylation sites is 1. The third-order valence-electron chi connectivity index (χ3n) is 3.85. The molecule has 0 saturated carbocycles. The molecular formula is C19H22N2O2. The van der Waals surface area contributed by atoms with E-state index in [0.29, 0.717) is 13.2 Å². The molecule has 0 radical (unpaired) electrons. The number of hydrogen-bond donors (Lipinski definition) is 1. The number of hydrogen-bond acceptors (Lipinski definition) is 4. The number of benzene rings is 2. The van der Waals surface area contributed by atoms with Crippen LogP contribution in [0.1, 0.15) is 5.56 Å². The van der Waals surface area contributed by atoms with Gasteiger partial charge in [-0.25, -0.2) is 0 Å². The van der Waals surface area contributed by atoms with E-state index in [1.54, 1.807) is 0 Å². The van der Waals surface area contributed by atoms with E-state index in [4.69, 9.17) is 4.74 Å². The van der Waals surface area contributed by atoms with Crippen molar-refractivity contribution in [2.45, 2.75) is 12.5 Å². The molecule has 0 amide bonds. The first-order valence-corrected chi connectivity index (χ1v) is 7.99. The Kier molecular flexibility index (Phi) is 5.27. The Labute approximate surface area is 137 Å². The number of β-amino-alcohol motifs (C(OH)–C–C–N with tert-alkyl or cyclic N) is 1. The molecule has 2 aromatic rings. The lowest BCUT2D eigenvalue weighted by Gasteiger charge is -2.23. The minimum Gasteiger partial charge on any atom is -0.491 e. The molecule has 0 bridgehead atoms. The molecule has 3 rings (SSSR count). The second kappa shape index (κ2) is 7.79. The molecule has 0 aromatic heterocycles. The minimum atomic E-state index is -0.533. The van der Waals surface area contributed by atoms with Gasteiger partial charge >= 0.3 is 0 Å². The van der Waals surface area contributed by atoms with Crippen molar-refractivity contribution < 1.29 is 9.84 Å². The van der Waals surface area contributed by atoms with Crippen LogP contribution in [0.5, 0.6) is 5.75 Å². The summed E-state index contributed by atoms with van der Waals surface area (Å²) in [6.45, 7) is 2.51. The van der Waals surface area contributed by atoms with Crippen molar-refractivity contribution in [3.05, 3.63) is 66.2 Å². The van der Waals surface area contributed by atoms with Gasteiger partial charge in [-0.3, -0.25) is 4.99 Å². The van der Waals surface area contributed by atoms with Gasteiger partial charge in [0.05, 0.1) is 6.54 Å². The summed E-state index contributed by atoms with van der Waals surface area (Å²) in [6.07, 6.45) is 0.280. The van der Waals surface area contributed by atoms with Crippen LogP contribution in [0.4, 0.5) is 0 Å². The molecule has 1 N–H and O–H groups in total. The van der Waals surface area contributed by atoms with Gasteiger partial charge in [0.15, 0.2) is 0 Å². The summed E-state index contributed by atoms with van der Waals surface area (Å²) in [5.41, 5.74) is 1.24. The number of amidine groups is 1. The van der Waals surface area contributed by atoms with Crippen molar-refractivity contribution in [2.24, 2.45) is 4.99 Å². The van der Waals surface area contributed by atoms with Crippen LogP contribution in [0, 0.1) is 0 Å². The number of aliphatic imine (C=N–C) groups is 1. The molecule has 4 nitrogen and oxygen atoms in total. The zero-order chi connectivity index (χ0) is 15.9. The van der Waals surface area contributed by atoms with Crippen LogP contribution in [-0.2, 0) is 6.42 Å². The lowest BCUT2D eigenvalue weighted by Crippen LogP contribution is -2.38. The van der Waals surface area contributed by atoms with Crippen LogP contribution in [0.15, 0.2) is 65.7 Å². The number of aliphatic hydroxyl groups is 1. The summed E-state index contributed by atoms with van der Waals surface area (Å²) in [5.74, 6) is 1.83. The largest absolute Gasteiger partial charge is 0.491 e. The molecule has 0 fully saturated rings. The molecule has 4 heteroatoms. The summed E-state index contributed by atoms with van der Waals surface area (Å²) >= 11 is 0. The van der Waals surface area contributed by atoms with Crippen molar-refractivity contribution >= 4 is 5.84 Å². The standard InChI is InChI=1S/C19H22N2O2/c22-17(15-23-18-9-5-2-6-10-18)14-21-12-11-20-19(21)13-16-7-3-1-4-8-16/h1-10,17,22H,11-15H2. The molecule has 0 saturated heterocycles. The van der Waals surface area contributed by atoms with Gasteiger partial charge in [-0.1, -0.05) is 48.5 Å². The van der Waals surface area contributed by atoms with Crippen molar-refractivity contribution in [1.82, 2.24) is 4.90 Å². The molecule has 0 aliphatic carbocycles. The van der Waals surface area contributed by atoms with E-state index < -0.39 is 6.10 Å². The molecule has 1 aliphatic rings. The van der Waals surface area contributed by atoms with Gasteiger partial charge in [0, 0.05) is 19.5 Å². The van der Waals surface area contributed by atoms with Crippen molar-refractivity contribution in [1.29, 1.82) is 0 Å². The number of aliphatic hydroxyl groups excluding tert-OH is 1. The summed E-state index contributed by atoms with van der Waals surface area (Å²) in [4.78, 5) is 6.73. The van der Waals surface area contributed by atoms with Gasteiger partial charge < -0.3 is 14.7 Å². The maximum Gasteiger partial charge on any atom is 0.119 e. The summed E-state index contributed by atoms with van der Waals surface area (Å²) in [5, 5.41) is 10.2. The zero-order valence-corrected chi connectivity index (χ0v) is 13.1.